The number of hydrogen-bond acceptors (Lipinski definition) is 4. The molecule has 0 radical (unpaired) electrons. The average molecular weight is 250 g/mol. The smallest absolute Gasteiger partial charge is 0.179 e. The lowest BCUT2D eigenvalue weighted by Gasteiger charge is -2.18. The molecule has 0 unspecified atom stereocenters. The van der Waals surface area contributed by atoms with E-state index in [0.29, 0.717) is 17.9 Å². The first-order chi connectivity index (χ1) is 8.03. The summed E-state index contributed by atoms with van der Waals surface area (Å²) in [6.07, 6.45) is 3.52. The van der Waals surface area contributed by atoms with Gasteiger partial charge >= 0.3 is 0 Å². The zero-order valence-corrected chi connectivity index (χ0v) is 10.5. The van der Waals surface area contributed by atoms with Crippen molar-refractivity contribution in [2.75, 3.05) is 12.8 Å². The summed E-state index contributed by atoms with van der Waals surface area (Å²) in [5.41, 5.74) is 1.87. The van der Waals surface area contributed by atoms with Crippen molar-refractivity contribution >= 4 is 9.84 Å². The minimum absolute atomic E-state index is 0.247. The fourth-order valence-electron chi connectivity index (χ4n) is 2.10. The van der Waals surface area contributed by atoms with Crippen LogP contribution in [-0.2, 0) is 22.8 Å². The number of nitrogens with zero attached hydrogens (tertiary/aromatic N) is 2. The van der Waals surface area contributed by atoms with E-state index in [1.54, 1.807) is 19.2 Å². The molecular weight excluding hydrogens is 236 g/mol. The first-order valence-corrected chi connectivity index (χ1v) is 7.13. The Kier molecular flexibility index (Phi) is 3.07. The van der Waals surface area contributed by atoms with Gasteiger partial charge < -0.3 is 4.90 Å². The largest absolute Gasteiger partial charge is 0.309 e. The van der Waals surface area contributed by atoms with Crippen molar-refractivity contribution in [1.82, 2.24) is 4.90 Å². The summed E-state index contributed by atoms with van der Waals surface area (Å²) in [6.45, 7) is 0.518. The van der Waals surface area contributed by atoms with Gasteiger partial charge in [0, 0.05) is 7.05 Å². The molecule has 2 rings (SSSR count). The highest BCUT2D eigenvalue weighted by atomic mass is 32.2. The summed E-state index contributed by atoms with van der Waals surface area (Å²) >= 11 is 0. The van der Waals surface area contributed by atoms with Crippen LogP contribution in [-0.4, -0.2) is 26.1 Å². The molecule has 0 N–H and O–H groups in total. The molecule has 0 aliphatic carbocycles. The molecule has 0 saturated heterocycles. The van der Waals surface area contributed by atoms with E-state index in [1.807, 2.05) is 12.3 Å². The second kappa shape index (κ2) is 4.38. The van der Waals surface area contributed by atoms with Gasteiger partial charge in [-0.3, -0.25) is 0 Å². The number of rotatable bonds is 2. The van der Waals surface area contributed by atoms with Crippen LogP contribution >= 0.6 is 0 Å². The maximum Gasteiger partial charge on any atom is 0.179 e. The van der Waals surface area contributed by atoms with E-state index < -0.39 is 9.84 Å². The van der Waals surface area contributed by atoms with Gasteiger partial charge in [0.15, 0.2) is 16.0 Å². The van der Waals surface area contributed by atoms with E-state index in [-0.39, 0.29) is 5.75 Å². The van der Waals surface area contributed by atoms with Gasteiger partial charge in [0.2, 0.25) is 0 Å². The number of hydrogen-bond donors (Lipinski definition) is 0. The minimum atomic E-state index is -3.07. The van der Waals surface area contributed by atoms with Gasteiger partial charge in [-0.1, -0.05) is 12.1 Å². The normalized spacial score (nSPS) is 16.9. The van der Waals surface area contributed by atoms with Crippen molar-refractivity contribution in [2.24, 2.45) is 0 Å². The Balaban J connectivity index is 2.36. The SMILES string of the molecule is CN(C#N)Cc1ccc2c(c1)CCCS2(=O)=O. The van der Waals surface area contributed by atoms with Gasteiger partial charge in [0.1, 0.15) is 0 Å². The standard InChI is InChI=1S/C12H14N2O2S/c1-14(9-13)8-10-4-5-12-11(7-10)3-2-6-17(12,15)16/h4-5,7H,2-3,6,8H2,1H3. The summed E-state index contributed by atoms with van der Waals surface area (Å²) in [5.74, 6) is 0.247. The summed E-state index contributed by atoms with van der Waals surface area (Å²) in [6, 6.07) is 5.36. The molecule has 17 heavy (non-hydrogen) atoms. The molecule has 0 atom stereocenters. The van der Waals surface area contributed by atoms with Crippen LogP contribution in [0.2, 0.25) is 0 Å². The molecule has 0 aromatic heterocycles. The van der Waals surface area contributed by atoms with E-state index in [1.165, 1.54) is 4.90 Å². The summed E-state index contributed by atoms with van der Waals surface area (Å²) in [5, 5.41) is 8.70. The zero-order valence-electron chi connectivity index (χ0n) is 9.68. The number of benzene rings is 1. The fraction of sp³-hybridized carbons (Fsp3) is 0.417. The summed E-state index contributed by atoms with van der Waals surface area (Å²) in [7, 11) is -1.37. The molecule has 4 nitrogen and oxygen atoms in total. The monoisotopic (exact) mass is 250 g/mol. The van der Waals surface area contributed by atoms with Crippen LogP contribution in [0, 0.1) is 11.5 Å². The summed E-state index contributed by atoms with van der Waals surface area (Å²) in [4.78, 5) is 1.98. The van der Waals surface area contributed by atoms with Gasteiger partial charge in [-0.05, 0) is 30.0 Å². The molecule has 0 bridgehead atoms. The van der Waals surface area contributed by atoms with Crippen LogP contribution in [0.3, 0.4) is 0 Å². The van der Waals surface area contributed by atoms with Gasteiger partial charge in [-0.2, -0.15) is 5.26 Å². The van der Waals surface area contributed by atoms with Crippen molar-refractivity contribution in [1.29, 1.82) is 5.26 Å². The highest BCUT2D eigenvalue weighted by molar-refractivity contribution is 7.91. The van der Waals surface area contributed by atoms with Gasteiger partial charge in [0.25, 0.3) is 0 Å². The molecule has 1 aliphatic heterocycles. The lowest BCUT2D eigenvalue weighted by atomic mass is 10.1. The molecule has 1 heterocycles. The highest BCUT2D eigenvalue weighted by Gasteiger charge is 2.23. The van der Waals surface area contributed by atoms with Crippen LogP contribution < -0.4 is 0 Å². The van der Waals surface area contributed by atoms with E-state index in [2.05, 4.69) is 0 Å². The third-order valence-electron chi connectivity index (χ3n) is 2.91. The molecule has 0 spiro atoms. The van der Waals surface area contributed by atoms with E-state index in [4.69, 9.17) is 5.26 Å². The van der Waals surface area contributed by atoms with Crippen molar-refractivity contribution in [3.8, 4) is 6.19 Å². The number of aryl methyl sites for hydroxylation is 1. The summed E-state index contributed by atoms with van der Waals surface area (Å²) < 4.78 is 23.6. The van der Waals surface area contributed by atoms with Crippen LogP contribution in [0.25, 0.3) is 0 Å². The zero-order chi connectivity index (χ0) is 12.5. The Bertz CT molecular complexity index is 573. The van der Waals surface area contributed by atoms with Crippen molar-refractivity contribution < 1.29 is 8.42 Å². The highest BCUT2D eigenvalue weighted by Crippen LogP contribution is 2.26. The predicted octanol–water partition coefficient (Wildman–Crippen LogP) is 1.32. The Hall–Kier alpha value is -1.54. The van der Waals surface area contributed by atoms with E-state index in [0.717, 1.165) is 17.5 Å². The second-order valence-electron chi connectivity index (χ2n) is 4.32. The average Bonchev–Trinajstić information content (AvgIpc) is 2.28. The molecule has 0 fully saturated rings. The van der Waals surface area contributed by atoms with Crippen molar-refractivity contribution in [3.63, 3.8) is 0 Å². The lowest BCUT2D eigenvalue weighted by molar-refractivity contribution is 0.469. The maximum atomic E-state index is 11.8. The third-order valence-corrected chi connectivity index (χ3v) is 4.80. The molecule has 5 heteroatoms. The quantitative estimate of drug-likeness (QED) is 0.586. The van der Waals surface area contributed by atoms with Crippen LogP contribution in [0.4, 0.5) is 0 Å². The number of nitriles is 1. The number of fused-ring (bicyclic) bond motifs is 1. The van der Waals surface area contributed by atoms with Gasteiger partial charge in [-0.15, -0.1) is 0 Å². The van der Waals surface area contributed by atoms with Crippen molar-refractivity contribution in [2.45, 2.75) is 24.3 Å². The predicted molar refractivity (Wildman–Crippen MR) is 63.9 cm³/mol. The van der Waals surface area contributed by atoms with Gasteiger partial charge in [-0.25, -0.2) is 8.42 Å². The molecule has 1 aliphatic rings. The van der Waals surface area contributed by atoms with E-state index in [9.17, 15) is 8.42 Å². The molecule has 1 aromatic carbocycles. The topological polar surface area (TPSA) is 61.2 Å². The molecule has 0 amide bonds. The first-order valence-electron chi connectivity index (χ1n) is 5.48. The van der Waals surface area contributed by atoms with Crippen LogP contribution in [0.5, 0.6) is 0 Å². The Morgan fingerprint density at radius 2 is 2.24 bits per heavy atom. The van der Waals surface area contributed by atoms with Crippen LogP contribution in [0.1, 0.15) is 17.5 Å². The number of sulfone groups is 1. The Morgan fingerprint density at radius 3 is 2.94 bits per heavy atom. The van der Waals surface area contributed by atoms with Crippen molar-refractivity contribution in [3.05, 3.63) is 29.3 Å². The molecule has 90 valence electrons. The first kappa shape index (κ1) is 11.9. The van der Waals surface area contributed by atoms with Crippen LogP contribution in [0.15, 0.2) is 23.1 Å². The van der Waals surface area contributed by atoms with Gasteiger partial charge in [0.05, 0.1) is 17.2 Å². The minimum Gasteiger partial charge on any atom is -0.309 e. The maximum absolute atomic E-state index is 11.8. The Labute approximate surface area is 101 Å². The molecular formula is C12H14N2O2S. The fourth-order valence-corrected chi connectivity index (χ4v) is 3.68. The third kappa shape index (κ3) is 2.42. The Morgan fingerprint density at radius 1 is 1.47 bits per heavy atom. The second-order valence-corrected chi connectivity index (χ2v) is 6.40. The molecule has 1 aromatic rings. The van der Waals surface area contributed by atoms with E-state index >= 15 is 0 Å². The molecule has 0 saturated carbocycles. The lowest BCUT2D eigenvalue weighted by Crippen LogP contribution is -2.17.